The Kier molecular flexibility index (Phi) is 7.89. The lowest BCUT2D eigenvalue weighted by Gasteiger charge is -1.70. The van der Waals surface area contributed by atoms with Gasteiger partial charge in [0.2, 0.25) is 0 Å². The van der Waals surface area contributed by atoms with Gasteiger partial charge in [0.05, 0.1) is 6.07 Å². The van der Waals surface area contributed by atoms with Gasteiger partial charge in [-0.25, -0.2) is 0 Å². The highest BCUT2D eigenvalue weighted by Crippen LogP contribution is 1.68. The topological polar surface area (TPSA) is 124 Å². The first kappa shape index (κ1) is 11.0. The van der Waals surface area contributed by atoms with Crippen LogP contribution in [-0.2, 0) is 4.79 Å². The molecule has 0 fully saturated rings. The molecule has 0 aliphatic carbocycles. The molecule has 7 nitrogen and oxygen atoms in total. The maximum absolute atomic E-state index is 9.38. The third-order valence-corrected chi connectivity index (χ3v) is 0.230. The summed E-state index contributed by atoms with van der Waals surface area (Å²) in [6.45, 7) is 0. The van der Waals surface area contributed by atoms with Gasteiger partial charge in [0.25, 0.3) is 5.09 Å². The zero-order valence-corrected chi connectivity index (χ0v) is 4.72. The van der Waals surface area contributed by atoms with Crippen molar-refractivity contribution >= 4 is 5.97 Å². The fourth-order valence-corrected chi connectivity index (χ4v) is 0.0676. The predicted molar refractivity (Wildman–Crippen MR) is 26.6 cm³/mol. The number of nitriles is 1. The highest BCUT2D eigenvalue weighted by atomic mass is 16.9. The average Bonchev–Trinajstić information content (AvgIpc) is 1.62. The second-order valence-electron chi connectivity index (χ2n) is 0.966. The zero-order chi connectivity index (χ0) is 8.57. The first-order chi connectivity index (χ1) is 4.50. The highest BCUT2D eigenvalue weighted by Gasteiger charge is 1.87. The molecule has 0 spiro atoms. The quantitative estimate of drug-likeness (QED) is 0.386. The Hall–Kier alpha value is -1.84. The predicted octanol–water partition coefficient (Wildman–Crippen LogP) is -0.363. The van der Waals surface area contributed by atoms with Crippen molar-refractivity contribution in [3.63, 3.8) is 0 Å². The number of nitrogens with zero attached hydrogens (tertiary/aromatic N) is 2. The van der Waals surface area contributed by atoms with E-state index < -0.39 is 17.5 Å². The van der Waals surface area contributed by atoms with Gasteiger partial charge in [0.15, 0.2) is 0 Å². The van der Waals surface area contributed by atoms with Crippen LogP contribution in [0.4, 0.5) is 0 Å². The summed E-state index contributed by atoms with van der Waals surface area (Å²) < 4.78 is 0. The Morgan fingerprint density at radius 1 is 1.80 bits per heavy atom. The van der Waals surface area contributed by atoms with Crippen molar-refractivity contribution in [3.8, 4) is 6.07 Å². The van der Waals surface area contributed by atoms with E-state index >= 15 is 0 Å². The van der Waals surface area contributed by atoms with Crippen LogP contribution in [0.5, 0.6) is 0 Å². The summed E-state index contributed by atoms with van der Waals surface area (Å²) in [6, 6.07) is 1.47. The molecule has 7 heteroatoms. The SMILES string of the molecule is N#CCC(=O)O.O=[N+]([O-])O. The number of carboxylic acids is 1. The normalized spacial score (nSPS) is 6.30. The van der Waals surface area contributed by atoms with Gasteiger partial charge < -0.3 is 10.3 Å². The summed E-state index contributed by atoms with van der Waals surface area (Å²) in [5.41, 5.74) is 0. The largest absolute Gasteiger partial charge is 0.480 e. The van der Waals surface area contributed by atoms with Crippen LogP contribution in [0.1, 0.15) is 6.42 Å². The van der Waals surface area contributed by atoms with E-state index in [1.165, 1.54) is 6.07 Å². The Balaban J connectivity index is 0. The Bertz CT molecular complexity index is 155. The minimum Gasteiger partial charge on any atom is -0.480 e. The van der Waals surface area contributed by atoms with Crippen LogP contribution in [0.25, 0.3) is 0 Å². The molecule has 0 aromatic rings. The van der Waals surface area contributed by atoms with Crippen molar-refractivity contribution < 1.29 is 20.2 Å². The number of hydrogen-bond donors (Lipinski definition) is 2. The maximum atomic E-state index is 9.38. The maximum Gasteiger partial charge on any atom is 0.317 e. The van der Waals surface area contributed by atoms with Crippen LogP contribution in [0.15, 0.2) is 0 Å². The van der Waals surface area contributed by atoms with Gasteiger partial charge in [-0.15, -0.1) is 10.1 Å². The third-order valence-electron chi connectivity index (χ3n) is 0.230. The van der Waals surface area contributed by atoms with Gasteiger partial charge in [-0.05, 0) is 0 Å². The number of rotatable bonds is 1. The molecule has 0 aromatic carbocycles. The summed E-state index contributed by atoms with van der Waals surface area (Å²) in [4.78, 5) is 17.7. The van der Waals surface area contributed by atoms with Crippen LogP contribution in [0.2, 0.25) is 0 Å². The van der Waals surface area contributed by atoms with Crippen molar-refractivity contribution in [2.75, 3.05) is 0 Å². The molecule has 0 heterocycles. The van der Waals surface area contributed by atoms with E-state index in [9.17, 15) is 4.79 Å². The highest BCUT2D eigenvalue weighted by molar-refractivity contribution is 5.69. The Morgan fingerprint density at radius 3 is 2.10 bits per heavy atom. The molecular weight excluding hydrogens is 144 g/mol. The third kappa shape index (κ3) is 122. The standard InChI is InChI=1S/C3H3NO2.HNO3/c4-2-1-3(5)6;2-1(3)4/h1H2,(H,5,6);(H,2,3,4). The lowest BCUT2D eigenvalue weighted by molar-refractivity contribution is -0.742. The van der Waals surface area contributed by atoms with E-state index in [2.05, 4.69) is 0 Å². The number of hydrogen-bond acceptors (Lipinski definition) is 4. The molecule has 0 amide bonds. The number of carboxylic acid groups (broad SMARTS) is 1. The molecule has 0 bridgehead atoms. The van der Waals surface area contributed by atoms with Gasteiger partial charge in [-0.1, -0.05) is 0 Å². The monoisotopic (exact) mass is 148 g/mol. The summed E-state index contributed by atoms with van der Waals surface area (Å²) in [6.07, 6.45) is -0.403. The molecule has 0 aromatic heterocycles. The average molecular weight is 148 g/mol. The lowest BCUT2D eigenvalue weighted by atomic mass is 10.5. The van der Waals surface area contributed by atoms with Crippen LogP contribution in [-0.4, -0.2) is 21.4 Å². The molecule has 56 valence electrons. The summed E-state index contributed by atoms with van der Waals surface area (Å²) in [5, 5.41) is 28.9. The molecule has 10 heavy (non-hydrogen) atoms. The van der Waals surface area contributed by atoms with Crippen LogP contribution < -0.4 is 0 Å². The first-order valence-corrected chi connectivity index (χ1v) is 1.92. The van der Waals surface area contributed by atoms with E-state index in [1.807, 2.05) is 0 Å². The van der Waals surface area contributed by atoms with Gasteiger partial charge in [-0.3, -0.25) is 4.79 Å². The zero-order valence-electron chi connectivity index (χ0n) is 4.72. The summed E-state index contributed by atoms with van der Waals surface area (Å²) in [5.74, 6) is -1.07. The second kappa shape index (κ2) is 7.16. The lowest BCUT2D eigenvalue weighted by Crippen LogP contribution is -1.88. The summed E-state index contributed by atoms with van der Waals surface area (Å²) in [7, 11) is 0. The van der Waals surface area contributed by atoms with Gasteiger partial charge in [-0.2, -0.15) is 5.26 Å². The number of aliphatic carboxylic acids is 1. The molecule has 0 radical (unpaired) electrons. The molecule has 0 aliphatic heterocycles. The summed E-state index contributed by atoms with van der Waals surface area (Å²) >= 11 is 0. The Morgan fingerprint density at radius 2 is 2.10 bits per heavy atom. The van der Waals surface area contributed by atoms with Gasteiger partial charge in [0, 0.05) is 0 Å². The van der Waals surface area contributed by atoms with E-state index in [0.29, 0.717) is 0 Å². The van der Waals surface area contributed by atoms with E-state index in [-0.39, 0.29) is 0 Å². The molecule has 2 N–H and O–H groups in total. The molecule has 0 saturated heterocycles. The van der Waals surface area contributed by atoms with Crippen molar-refractivity contribution in [1.82, 2.24) is 0 Å². The van der Waals surface area contributed by atoms with Crippen molar-refractivity contribution in [1.29, 1.82) is 5.26 Å². The van der Waals surface area contributed by atoms with Gasteiger partial charge in [0.1, 0.15) is 6.42 Å². The molecular formula is C3H4N2O5. The fraction of sp³-hybridized carbons (Fsp3) is 0.333. The molecule has 0 atom stereocenters. The second-order valence-corrected chi connectivity index (χ2v) is 0.966. The molecule has 0 unspecified atom stereocenters. The van der Waals surface area contributed by atoms with Crippen LogP contribution in [0.3, 0.4) is 0 Å². The molecule has 0 saturated carbocycles. The van der Waals surface area contributed by atoms with E-state index in [4.69, 9.17) is 25.7 Å². The van der Waals surface area contributed by atoms with Gasteiger partial charge >= 0.3 is 5.97 Å². The van der Waals surface area contributed by atoms with Crippen molar-refractivity contribution in [2.45, 2.75) is 6.42 Å². The minimum atomic E-state index is -1.50. The fourth-order valence-electron chi connectivity index (χ4n) is 0.0676. The van der Waals surface area contributed by atoms with Crippen molar-refractivity contribution in [3.05, 3.63) is 10.1 Å². The smallest absolute Gasteiger partial charge is 0.317 e. The van der Waals surface area contributed by atoms with Crippen LogP contribution >= 0.6 is 0 Å². The molecule has 0 aliphatic rings. The van der Waals surface area contributed by atoms with Crippen molar-refractivity contribution in [2.24, 2.45) is 0 Å². The molecule has 0 rings (SSSR count). The van der Waals surface area contributed by atoms with E-state index in [0.717, 1.165) is 0 Å². The Labute approximate surface area is 55.2 Å². The van der Waals surface area contributed by atoms with Crippen LogP contribution in [0, 0.1) is 21.4 Å². The minimum absolute atomic E-state index is 0.403. The van der Waals surface area contributed by atoms with E-state index in [1.54, 1.807) is 0 Å². The first-order valence-electron chi connectivity index (χ1n) is 1.92. The number of carbonyl (C=O) groups is 1.